The van der Waals surface area contributed by atoms with Gasteiger partial charge in [0.15, 0.2) is 5.82 Å². The fourth-order valence-corrected chi connectivity index (χ4v) is 3.29. The van der Waals surface area contributed by atoms with Crippen LogP contribution in [-0.4, -0.2) is 20.7 Å². The topological polar surface area (TPSA) is 51.0 Å². The summed E-state index contributed by atoms with van der Waals surface area (Å²) in [6.07, 6.45) is 0. The molecule has 0 radical (unpaired) electrons. The van der Waals surface area contributed by atoms with E-state index in [2.05, 4.69) is 24.0 Å². The fraction of sp³-hybridized carbons (Fsp3) is 0.278. The van der Waals surface area contributed by atoms with Gasteiger partial charge in [0.05, 0.1) is 12.2 Å². The van der Waals surface area contributed by atoms with Gasteiger partial charge in [-0.05, 0) is 17.5 Å². The van der Waals surface area contributed by atoms with E-state index in [1.165, 1.54) is 0 Å². The van der Waals surface area contributed by atoms with Crippen molar-refractivity contribution in [2.75, 3.05) is 4.90 Å². The van der Waals surface area contributed by atoms with Gasteiger partial charge in [-0.2, -0.15) is 0 Å². The Hall–Kier alpha value is -2.69. The largest absolute Gasteiger partial charge is 0.316 e. The van der Waals surface area contributed by atoms with Crippen LogP contribution < -0.4 is 4.90 Å². The van der Waals surface area contributed by atoms with Crippen LogP contribution in [-0.2, 0) is 13.6 Å². The average molecular weight is 306 g/mol. The molecule has 5 heteroatoms. The van der Waals surface area contributed by atoms with Crippen LogP contribution in [0.2, 0.25) is 0 Å². The highest BCUT2D eigenvalue weighted by Gasteiger charge is 2.30. The predicted molar refractivity (Wildman–Crippen MR) is 89.6 cm³/mol. The number of aromatic nitrogens is 3. The molecule has 5 nitrogen and oxygen atoms in total. The van der Waals surface area contributed by atoms with E-state index in [0.29, 0.717) is 12.5 Å². The fourth-order valence-electron chi connectivity index (χ4n) is 3.29. The lowest BCUT2D eigenvalue weighted by Gasteiger charge is -2.17. The third kappa shape index (κ3) is 1.96. The van der Waals surface area contributed by atoms with E-state index in [1.54, 1.807) is 4.90 Å². The van der Waals surface area contributed by atoms with Crippen LogP contribution in [0.4, 0.5) is 5.69 Å². The zero-order valence-electron chi connectivity index (χ0n) is 13.4. The molecule has 0 N–H and O–H groups in total. The second kappa shape index (κ2) is 4.91. The summed E-state index contributed by atoms with van der Waals surface area (Å²) in [5.41, 5.74) is 1.72. The molecule has 1 aliphatic rings. The first kappa shape index (κ1) is 13.9. The van der Waals surface area contributed by atoms with Crippen LogP contribution in [0.5, 0.6) is 0 Å². The monoisotopic (exact) mass is 306 g/mol. The maximum atomic E-state index is 12.8. The summed E-state index contributed by atoms with van der Waals surface area (Å²) in [6, 6.07) is 11.9. The minimum Gasteiger partial charge on any atom is -0.316 e. The minimum atomic E-state index is 0.0332. The molecule has 0 fully saturated rings. The molecule has 0 bridgehead atoms. The van der Waals surface area contributed by atoms with Crippen molar-refractivity contribution < 1.29 is 4.79 Å². The molecule has 1 amide bonds. The molecule has 4 rings (SSSR count). The molecule has 1 aliphatic heterocycles. The summed E-state index contributed by atoms with van der Waals surface area (Å²) >= 11 is 0. The lowest BCUT2D eigenvalue weighted by atomic mass is 10.1. The summed E-state index contributed by atoms with van der Waals surface area (Å²) in [5.74, 6) is 2.07. The maximum Gasteiger partial charge on any atom is 0.259 e. The summed E-state index contributed by atoms with van der Waals surface area (Å²) in [4.78, 5) is 14.6. The predicted octanol–water partition coefficient (Wildman–Crippen LogP) is 3.25. The lowest BCUT2D eigenvalue weighted by Crippen LogP contribution is -2.27. The Morgan fingerprint density at radius 3 is 2.52 bits per heavy atom. The highest BCUT2D eigenvalue weighted by molar-refractivity contribution is 6.24. The van der Waals surface area contributed by atoms with E-state index in [-0.39, 0.29) is 5.91 Å². The van der Waals surface area contributed by atoms with Crippen molar-refractivity contribution in [1.82, 2.24) is 14.8 Å². The molecule has 0 saturated carbocycles. The van der Waals surface area contributed by atoms with Crippen molar-refractivity contribution in [1.29, 1.82) is 0 Å². The van der Waals surface area contributed by atoms with Crippen molar-refractivity contribution in [3.8, 4) is 0 Å². The van der Waals surface area contributed by atoms with Gasteiger partial charge >= 0.3 is 0 Å². The second-order valence-corrected chi connectivity index (χ2v) is 6.26. The van der Waals surface area contributed by atoms with Crippen molar-refractivity contribution in [3.63, 3.8) is 0 Å². The van der Waals surface area contributed by atoms with Crippen LogP contribution in [0.1, 0.15) is 41.8 Å². The summed E-state index contributed by atoms with van der Waals surface area (Å²) in [5, 5.41) is 10.7. The molecule has 0 atom stereocenters. The quantitative estimate of drug-likeness (QED) is 0.746. The smallest absolute Gasteiger partial charge is 0.259 e. The SMILES string of the molecule is CC(C)c1nnc(CN2C(=O)c3cccc4cccc2c34)n1C. The van der Waals surface area contributed by atoms with Gasteiger partial charge in [0.2, 0.25) is 0 Å². The van der Waals surface area contributed by atoms with Gasteiger partial charge in [0.25, 0.3) is 5.91 Å². The highest BCUT2D eigenvalue weighted by atomic mass is 16.2. The van der Waals surface area contributed by atoms with Crippen LogP contribution in [0, 0.1) is 0 Å². The summed E-state index contributed by atoms with van der Waals surface area (Å²) in [7, 11) is 1.96. The highest BCUT2D eigenvalue weighted by Crippen LogP contribution is 2.37. The van der Waals surface area contributed by atoms with Crippen LogP contribution >= 0.6 is 0 Å². The second-order valence-electron chi connectivity index (χ2n) is 6.26. The van der Waals surface area contributed by atoms with Gasteiger partial charge < -0.3 is 9.47 Å². The van der Waals surface area contributed by atoms with Crippen molar-refractivity contribution >= 4 is 22.4 Å². The van der Waals surface area contributed by atoms with Gasteiger partial charge in [-0.1, -0.05) is 38.1 Å². The van der Waals surface area contributed by atoms with Crippen LogP contribution in [0.3, 0.4) is 0 Å². The molecular weight excluding hydrogens is 288 g/mol. The standard InChI is InChI=1S/C18H18N4O/c1-11(2)17-20-19-15(21(17)3)10-22-14-9-5-7-12-6-4-8-13(16(12)14)18(22)23/h4-9,11H,10H2,1-3H3. The summed E-state index contributed by atoms with van der Waals surface area (Å²) in [6.45, 7) is 4.61. The van der Waals surface area contributed by atoms with E-state index >= 15 is 0 Å². The van der Waals surface area contributed by atoms with E-state index in [4.69, 9.17) is 0 Å². The van der Waals surface area contributed by atoms with Crippen LogP contribution in [0.15, 0.2) is 36.4 Å². The first-order valence-electron chi connectivity index (χ1n) is 7.79. The number of nitrogens with zero attached hydrogens (tertiary/aromatic N) is 4. The Kier molecular flexibility index (Phi) is 2.98. The third-order valence-electron chi connectivity index (χ3n) is 4.46. The van der Waals surface area contributed by atoms with Gasteiger partial charge in [-0.15, -0.1) is 10.2 Å². The molecule has 0 aliphatic carbocycles. The number of amides is 1. The van der Waals surface area contributed by atoms with E-state index in [0.717, 1.165) is 33.7 Å². The number of carbonyl (C=O) groups excluding carboxylic acids is 1. The molecule has 3 aromatic rings. The Labute approximate surface area is 134 Å². The molecule has 0 spiro atoms. The molecule has 0 saturated heterocycles. The molecule has 0 unspecified atom stereocenters. The van der Waals surface area contributed by atoms with E-state index < -0.39 is 0 Å². The zero-order valence-corrected chi connectivity index (χ0v) is 13.4. The third-order valence-corrected chi connectivity index (χ3v) is 4.46. The summed E-state index contributed by atoms with van der Waals surface area (Å²) < 4.78 is 1.99. The molecule has 2 aromatic carbocycles. The van der Waals surface area contributed by atoms with Gasteiger partial charge in [0.1, 0.15) is 5.82 Å². The molecule has 23 heavy (non-hydrogen) atoms. The van der Waals surface area contributed by atoms with Gasteiger partial charge in [0, 0.05) is 23.9 Å². The van der Waals surface area contributed by atoms with Crippen molar-refractivity contribution in [2.45, 2.75) is 26.3 Å². The normalized spacial score (nSPS) is 13.6. The molecule has 116 valence electrons. The number of anilines is 1. The molecule has 1 aromatic heterocycles. The molecular formula is C18H18N4O. The Morgan fingerprint density at radius 1 is 1.09 bits per heavy atom. The zero-order chi connectivity index (χ0) is 16.1. The number of benzene rings is 2. The minimum absolute atomic E-state index is 0.0332. The van der Waals surface area contributed by atoms with Gasteiger partial charge in [-0.3, -0.25) is 4.79 Å². The average Bonchev–Trinajstić information content (AvgIpc) is 3.03. The first-order valence-corrected chi connectivity index (χ1v) is 7.79. The van der Waals surface area contributed by atoms with Crippen molar-refractivity contribution in [3.05, 3.63) is 53.6 Å². The number of hydrogen-bond acceptors (Lipinski definition) is 3. The number of rotatable bonds is 3. The maximum absolute atomic E-state index is 12.8. The Morgan fingerprint density at radius 2 is 1.83 bits per heavy atom. The first-order chi connectivity index (χ1) is 11.1. The Bertz CT molecular complexity index is 921. The van der Waals surface area contributed by atoms with Crippen molar-refractivity contribution in [2.24, 2.45) is 7.05 Å². The number of carbonyl (C=O) groups is 1. The van der Waals surface area contributed by atoms with E-state index in [9.17, 15) is 4.79 Å². The number of hydrogen-bond donors (Lipinski definition) is 0. The Balaban J connectivity index is 1.78. The lowest BCUT2D eigenvalue weighted by molar-refractivity contribution is 0.0990. The van der Waals surface area contributed by atoms with Crippen LogP contribution in [0.25, 0.3) is 10.8 Å². The van der Waals surface area contributed by atoms with E-state index in [1.807, 2.05) is 48.0 Å². The molecule has 2 heterocycles. The van der Waals surface area contributed by atoms with Gasteiger partial charge in [-0.25, -0.2) is 0 Å².